The first-order valence-corrected chi connectivity index (χ1v) is 9.08. The highest BCUT2D eigenvalue weighted by molar-refractivity contribution is 5.81. The Kier molecular flexibility index (Phi) is 5.12. The molecule has 0 saturated carbocycles. The normalized spacial score (nSPS) is 15.0. The third-order valence-corrected chi connectivity index (χ3v) is 4.88. The van der Waals surface area contributed by atoms with E-state index in [1.807, 2.05) is 30.9 Å². The van der Waals surface area contributed by atoms with E-state index in [0.717, 1.165) is 29.8 Å². The van der Waals surface area contributed by atoms with Crippen LogP contribution in [0.2, 0.25) is 0 Å². The molecule has 2 aromatic rings. The van der Waals surface area contributed by atoms with Crippen LogP contribution in [0, 0.1) is 6.92 Å². The maximum atomic E-state index is 12.9. The highest BCUT2D eigenvalue weighted by atomic mass is 16.5. The second kappa shape index (κ2) is 7.30. The van der Waals surface area contributed by atoms with Crippen molar-refractivity contribution in [2.75, 3.05) is 6.54 Å². The van der Waals surface area contributed by atoms with Crippen molar-refractivity contribution in [2.45, 2.75) is 52.7 Å². The van der Waals surface area contributed by atoms with Crippen LogP contribution in [0.4, 0.5) is 0 Å². The van der Waals surface area contributed by atoms with Crippen molar-refractivity contribution in [1.82, 2.24) is 4.90 Å². The van der Waals surface area contributed by atoms with Crippen LogP contribution in [0.1, 0.15) is 48.9 Å². The van der Waals surface area contributed by atoms with E-state index in [-0.39, 0.29) is 5.91 Å². The fraction of sp³-hybridized carbons (Fsp3) is 0.409. The Morgan fingerprint density at radius 1 is 1.08 bits per heavy atom. The summed E-state index contributed by atoms with van der Waals surface area (Å²) in [5.41, 5.74) is 4.88. The first-order chi connectivity index (χ1) is 12.0. The molecule has 132 valence electrons. The molecule has 1 amide bonds. The third-order valence-electron chi connectivity index (χ3n) is 4.88. The highest BCUT2D eigenvalue weighted by Gasteiger charge is 2.26. The van der Waals surface area contributed by atoms with Gasteiger partial charge in [0.15, 0.2) is 6.10 Å². The fourth-order valence-corrected chi connectivity index (χ4v) is 3.40. The summed E-state index contributed by atoms with van der Waals surface area (Å²) < 4.78 is 6.10. The van der Waals surface area contributed by atoms with Crippen molar-refractivity contribution in [3.8, 4) is 5.75 Å². The summed E-state index contributed by atoms with van der Waals surface area (Å²) in [5.74, 6) is 1.25. The van der Waals surface area contributed by atoms with E-state index >= 15 is 0 Å². The van der Waals surface area contributed by atoms with Gasteiger partial charge in [0.25, 0.3) is 5.91 Å². The lowest BCUT2D eigenvalue weighted by atomic mass is 9.99. The number of fused-ring (bicyclic) bond motifs is 1. The van der Waals surface area contributed by atoms with Crippen molar-refractivity contribution >= 4 is 5.91 Å². The molecule has 3 rings (SSSR count). The van der Waals surface area contributed by atoms with E-state index in [4.69, 9.17) is 4.74 Å². The molecule has 0 N–H and O–H groups in total. The smallest absolute Gasteiger partial charge is 0.263 e. The zero-order chi connectivity index (χ0) is 18.0. The SMILES string of the molecule is Cc1ccc(C(C)C)c(O[C@@H](C)C(=O)N2CCc3ccccc3C2)c1. The van der Waals surface area contributed by atoms with Gasteiger partial charge in [-0.25, -0.2) is 0 Å². The summed E-state index contributed by atoms with van der Waals surface area (Å²) in [4.78, 5) is 14.8. The number of carbonyl (C=O) groups excluding carboxylic acids is 1. The van der Waals surface area contributed by atoms with Crippen LogP contribution in [0.25, 0.3) is 0 Å². The molecule has 0 saturated heterocycles. The van der Waals surface area contributed by atoms with Gasteiger partial charge >= 0.3 is 0 Å². The van der Waals surface area contributed by atoms with Crippen LogP contribution in [-0.2, 0) is 17.8 Å². The van der Waals surface area contributed by atoms with Crippen molar-refractivity contribution in [3.63, 3.8) is 0 Å². The van der Waals surface area contributed by atoms with Crippen LogP contribution in [0.15, 0.2) is 42.5 Å². The van der Waals surface area contributed by atoms with Gasteiger partial charge in [-0.2, -0.15) is 0 Å². The van der Waals surface area contributed by atoms with Crippen LogP contribution >= 0.6 is 0 Å². The van der Waals surface area contributed by atoms with Gasteiger partial charge in [-0.05, 0) is 54.5 Å². The van der Waals surface area contributed by atoms with Gasteiger partial charge in [-0.15, -0.1) is 0 Å². The number of amides is 1. The zero-order valence-corrected chi connectivity index (χ0v) is 15.6. The van der Waals surface area contributed by atoms with Gasteiger partial charge in [0.2, 0.25) is 0 Å². The second-order valence-corrected chi connectivity index (χ2v) is 7.23. The molecular weight excluding hydrogens is 310 g/mol. The standard InChI is InChI=1S/C22H27NO2/c1-15(2)20-10-9-16(3)13-21(20)25-17(4)22(24)23-12-11-18-7-5-6-8-19(18)14-23/h5-10,13,15,17H,11-12,14H2,1-4H3/t17-/m0/s1. The minimum atomic E-state index is -0.482. The maximum absolute atomic E-state index is 12.9. The molecule has 0 unspecified atom stereocenters. The van der Waals surface area contributed by atoms with E-state index in [1.165, 1.54) is 11.1 Å². The summed E-state index contributed by atoms with van der Waals surface area (Å²) in [6, 6.07) is 14.6. The quantitative estimate of drug-likeness (QED) is 0.824. The average Bonchev–Trinajstić information content (AvgIpc) is 2.60. The molecule has 0 bridgehead atoms. The number of hydrogen-bond donors (Lipinski definition) is 0. The number of benzene rings is 2. The van der Waals surface area contributed by atoms with E-state index in [9.17, 15) is 4.79 Å². The summed E-state index contributed by atoms with van der Waals surface area (Å²) in [5, 5.41) is 0. The average molecular weight is 337 g/mol. The van der Waals surface area contributed by atoms with Crippen LogP contribution in [0.3, 0.4) is 0 Å². The predicted molar refractivity (Wildman–Crippen MR) is 101 cm³/mol. The van der Waals surface area contributed by atoms with Crippen LogP contribution in [0.5, 0.6) is 5.75 Å². The summed E-state index contributed by atoms with van der Waals surface area (Å²) in [6.07, 6.45) is 0.431. The lowest BCUT2D eigenvalue weighted by Crippen LogP contribution is -2.43. The molecule has 0 radical (unpaired) electrons. The highest BCUT2D eigenvalue weighted by Crippen LogP contribution is 2.29. The molecule has 0 aliphatic carbocycles. The van der Waals surface area contributed by atoms with Crippen molar-refractivity contribution in [2.24, 2.45) is 0 Å². The largest absolute Gasteiger partial charge is 0.481 e. The molecule has 1 atom stereocenters. The second-order valence-electron chi connectivity index (χ2n) is 7.23. The minimum Gasteiger partial charge on any atom is -0.481 e. The fourth-order valence-electron chi connectivity index (χ4n) is 3.40. The number of hydrogen-bond acceptors (Lipinski definition) is 2. The number of nitrogens with zero attached hydrogens (tertiary/aromatic N) is 1. The molecule has 1 aliphatic heterocycles. The van der Waals surface area contributed by atoms with E-state index in [1.54, 1.807) is 0 Å². The van der Waals surface area contributed by atoms with E-state index in [2.05, 4.69) is 44.2 Å². The van der Waals surface area contributed by atoms with Gasteiger partial charge < -0.3 is 9.64 Å². The molecule has 3 heteroatoms. The summed E-state index contributed by atoms with van der Waals surface area (Å²) >= 11 is 0. The Balaban J connectivity index is 1.73. The van der Waals surface area contributed by atoms with Gasteiger partial charge in [-0.1, -0.05) is 50.2 Å². The van der Waals surface area contributed by atoms with Gasteiger partial charge in [0, 0.05) is 13.1 Å². The Bertz CT molecular complexity index is 766. The van der Waals surface area contributed by atoms with Crippen LogP contribution in [-0.4, -0.2) is 23.5 Å². The van der Waals surface area contributed by atoms with E-state index in [0.29, 0.717) is 12.5 Å². The van der Waals surface area contributed by atoms with Gasteiger partial charge in [0.1, 0.15) is 5.75 Å². The summed E-state index contributed by atoms with van der Waals surface area (Å²) in [7, 11) is 0. The molecule has 2 aromatic carbocycles. The topological polar surface area (TPSA) is 29.5 Å². The lowest BCUT2D eigenvalue weighted by molar-refractivity contribution is -0.138. The predicted octanol–water partition coefficient (Wildman–Crippen LogP) is 4.47. The first-order valence-electron chi connectivity index (χ1n) is 9.08. The maximum Gasteiger partial charge on any atom is 0.263 e. The Morgan fingerprint density at radius 2 is 1.80 bits per heavy atom. The molecular formula is C22H27NO2. The summed E-state index contributed by atoms with van der Waals surface area (Å²) in [6.45, 7) is 9.62. The Labute approximate surface area is 150 Å². The number of rotatable bonds is 4. The molecule has 25 heavy (non-hydrogen) atoms. The molecule has 3 nitrogen and oxygen atoms in total. The van der Waals surface area contributed by atoms with Gasteiger partial charge in [0.05, 0.1) is 0 Å². The lowest BCUT2D eigenvalue weighted by Gasteiger charge is -2.31. The Hall–Kier alpha value is -2.29. The molecule has 0 aromatic heterocycles. The van der Waals surface area contributed by atoms with Crippen LogP contribution < -0.4 is 4.74 Å². The zero-order valence-electron chi connectivity index (χ0n) is 15.6. The molecule has 1 aliphatic rings. The number of carbonyl (C=O) groups is 1. The van der Waals surface area contributed by atoms with E-state index < -0.39 is 6.10 Å². The van der Waals surface area contributed by atoms with Crippen molar-refractivity contribution in [3.05, 3.63) is 64.7 Å². The van der Waals surface area contributed by atoms with Crippen molar-refractivity contribution < 1.29 is 9.53 Å². The molecule has 0 spiro atoms. The monoisotopic (exact) mass is 337 g/mol. The first kappa shape index (κ1) is 17.5. The van der Waals surface area contributed by atoms with Crippen molar-refractivity contribution in [1.29, 1.82) is 0 Å². The number of ether oxygens (including phenoxy) is 1. The van der Waals surface area contributed by atoms with Gasteiger partial charge in [-0.3, -0.25) is 4.79 Å². The minimum absolute atomic E-state index is 0.0608. The Morgan fingerprint density at radius 3 is 2.52 bits per heavy atom. The third kappa shape index (κ3) is 3.87. The molecule has 0 fully saturated rings. The number of aryl methyl sites for hydroxylation is 1. The molecule has 1 heterocycles.